The van der Waals surface area contributed by atoms with Gasteiger partial charge in [0.2, 0.25) is 0 Å². The molecule has 0 fully saturated rings. The summed E-state index contributed by atoms with van der Waals surface area (Å²) in [5.41, 5.74) is 2.09. The predicted octanol–water partition coefficient (Wildman–Crippen LogP) is 4.66. The molecule has 0 aliphatic carbocycles. The fourth-order valence-electron chi connectivity index (χ4n) is 3.30. The van der Waals surface area contributed by atoms with E-state index in [1.807, 2.05) is 24.3 Å². The summed E-state index contributed by atoms with van der Waals surface area (Å²) in [5, 5.41) is 11.5. The Hall–Kier alpha value is -2.67. The first-order chi connectivity index (χ1) is 13.5. The number of rotatable bonds is 6. The third-order valence-corrected chi connectivity index (χ3v) is 6.82. The molecular weight excluding hydrogens is 358 g/mol. The second kappa shape index (κ2) is 9.01. The van der Waals surface area contributed by atoms with Crippen molar-refractivity contribution < 1.29 is 4.43 Å². The molecule has 0 amide bonds. The average molecular weight is 385 g/mol. The molecule has 3 aromatic carbocycles. The highest BCUT2D eigenvalue weighted by Gasteiger charge is 2.32. The second-order valence-corrected chi connectivity index (χ2v) is 10.1. The normalized spacial score (nSPS) is 12.5. The van der Waals surface area contributed by atoms with Gasteiger partial charge < -0.3 is 4.43 Å². The highest BCUT2D eigenvalue weighted by atomic mass is 28.3. The van der Waals surface area contributed by atoms with E-state index in [1.165, 1.54) is 10.4 Å². The number of nitrogens with zero attached hydrogens (tertiary/aromatic N) is 1. The molecule has 0 aliphatic rings. The minimum Gasteiger partial charge on any atom is -0.400 e. The van der Waals surface area contributed by atoms with Crippen molar-refractivity contribution in [2.45, 2.75) is 33.3 Å². The molecule has 3 rings (SSSR count). The van der Waals surface area contributed by atoms with Crippen molar-refractivity contribution in [2.75, 3.05) is 0 Å². The summed E-state index contributed by atoms with van der Waals surface area (Å²) in [6.07, 6.45) is 0.348. The molecule has 0 aliphatic heterocycles. The number of benzene rings is 3. The van der Waals surface area contributed by atoms with E-state index < -0.39 is 9.04 Å². The lowest BCUT2D eigenvalue weighted by Crippen LogP contribution is -2.47. The Bertz CT molecular complexity index is 887. The van der Waals surface area contributed by atoms with Crippen molar-refractivity contribution in [2.24, 2.45) is 5.41 Å². The lowest BCUT2D eigenvalue weighted by Gasteiger charge is -2.34. The van der Waals surface area contributed by atoms with E-state index in [1.54, 1.807) is 0 Å². The topological polar surface area (TPSA) is 33.0 Å². The van der Waals surface area contributed by atoms with Gasteiger partial charge in [0.05, 0.1) is 18.6 Å². The van der Waals surface area contributed by atoms with Crippen LogP contribution >= 0.6 is 0 Å². The van der Waals surface area contributed by atoms with Crippen molar-refractivity contribution in [1.29, 1.82) is 5.26 Å². The van der Waals surface area contributed by atoms with E-state index in [0.717, 1.165) is 11.1 Å². The molecule has 2 nitrogen and oxygen atoms in total. The first-order valence-corrected chi connectivity index (χ1v) is 11.0. The zero-order chi connectivity index (χ0) is 20.0. The van der Waals surface area contributed by atoms with E-state index in [-0.39, 0.29) is 11.5 Å². The molecule has 0 bridgehead atoms. The van der Waals surface area contributed by atoms with E-state index in [9.17, 15) is 0 Å². The maximum Gasteiger partial charge on any atom is 0.283 e. The van der Waals surface area contributed by atoms with E-state index in [0.29, 0.717) is 6.42 Å². The van der Waals surface area contributed by atoms with Crippen LogP contribution in [0, 0.1) is 16.7 Å². The average Bonchev–Trinajstić information content (AvgIpc) is 2.69. The maximum atomic E-state index is 9.08. The zero-order valence-electron chi connectivity index (χ0n) is 16.7. The molecule has 1 radical (unpaired) electrons. The largest absolute Gasteiger partial charge is 0.400 e. The summed E-state index contributed by atoms with van der Waals surface area (Å²) < 4.78 is 6.93. The van der Waals surface area contributed by atoms with Crippen LogP contribution in [0.5, 0.6) is 0 Å². The summed E-state index contributed by atoms with van der Waals surface area (Å²) >= 11 is 0. The van der Waals surface area contributed by atoms with Gasteiger partial charge in [-0.1, -0.05) is 106 Å². The molecule has 1 unspecified atom stereocenters. The van der Waals surface area contributed by atoms with Gasteiger partial charge in [0.1, 0.15) is 0 Å². The Balaban J connectivity index is 2.02. The van der Waals surface area contributed by atoms with Crippen molar-refractivity contribution >= 4 is 19.4 Å². The molecule has 1 atom stereocenters. The van der Waals surface area contributed by atoms with Crippen LogP contribution in [-0.4, -0.2) is 9.04 Å². The number of nitriles is 1. The molecule has 3 aromatic rings. The highest BCUT2D eigenvalue weighted by molar-refractivity contribution is 6.80. The van der Waals surface area contributed by atoms with Crippen molar-refractivity contribution in [3.63, 3.8) is 0 Å². The van der Waals surface area contributed by atoms with Crippen LogP contribution in [0.15, 0.2) is 84.9 Å². The quantitative estimate of drug-likeness (QED) is 0.579. The first kappa shape index (κ1) is 20.1. The van der Waals surface area contributed by atoms with Gasteiger partial charge in [-0.25, -0.2) is 0 Å². The molecule has 0 spiro atoms. The van der Waals surface area contributed by atoms with Gasteiger partial charge in [0.25, 0.3) is 9.04 Å². The van der Waals surface area contributed by atoms with E-state index in [2.05, 4.69) is 87.5 Å². The predicted molar refractivity (Wildman–Crippen MR) is 117 cm³/mol. The summed E-state index contributed by atoms with van der Waals surface area (Å²) in [5.74, 6) is 0. The molecule has 0 aromatic heterocycles. The molecule has 0 heterocycles. The zero-order valence-corrected chi connectivity index (χ0v) is 17.7. The van der Waals surface area contributed by atoms with Crippen molar-refractivity contribution in [3.05, 3.63) is 96.1 Å². The van der Waals surface area contributed by atoms with Crippen LogP contribution in [-0.2, 0) is 10.8 Å². The fourth-order valence-corrected chi connectivity index (χ4v) is 5.62. The van der Waals surface area contributed by atoms with Gasteiger partial charge in [-0.15, -0.1) is 0 Å². The summed E-state index contributed by atoms with van der Waals surface area (Å²) in [7, 11) is -1.42. The standard InChI is InChI=1S/C25H26NOSi/c1-25(2,3)24(21-12-10-11-20(19-21)17-18-26)27-28(22-13-6-4-7-14-22)23-15-8-5-9-16-23/h4-16,19,24H,17H2,1-3H3. The molecule has 3 heteroatoms. The minimum absolute atomic E-state index is 0.0690. The van der Waals surface area contributed by atoms with Crippen molar-refractivity contribution in [1.82, 2.24) is 0 Å². The molecule has 28 heavy (non-hydrogen) atoms. The molecular formula is C25H26NOSi. The summed E-state index contributed by atoms with van der Waals surface area (Å²) in [6.45, 7) is 6.64. The van der Waals surface area contributed by atoms with Gasteiger partial charge >= 0.3 is 0 Å². The third-order valence-electron chi connectivity index (χ3n) is 4.63. The van der Waals surface area contributed by atoms with Gasteiger partial charge in [0, 0.05) is 0 Å². The Kier molecular flexibility index (Phi) is 6.46. The van der Waals surface area contributed by atoms with E-state index >= 15 is 0 Å². The van der Waals surface area contributed by atoms with Gasteiger partial charge in [0.15, 0.2) is 0 Å². The van der Waals surface area contributed by atoms with Crippen LogP contribution in [0.3, 0.4) is 0 Å². The lowest BCUT2D eigenvalue weighted by molar-refractivity contribution is 0.0896. The lowest BCUT2D eigenvalue weighted by atomic mass is 9.84. The van der Waals surface area contributed by atoms with Crippen LogP contribution in [0.2, 0.25) is 0 Å². The number of hydrogen-bond donors (Lipinski definition) is 0. The molecule has 0 saturated carbocycles. The summed E-state index contributed by atoms with van der Waals surface area (Å²) in [4.78, 5) is 0. The molecule has 0 saturated heterocycles. The van der Waals surface area contributed by atoms with Crippen molar-refractivity contribution in [3.8, 4) is 6.07 Å². The monoisotopic (exact) mass is 384 g/mol. The minimum atomic E-state index is -1.42. The van der Waals surface area contributed by atoms with Crippen LogP contribution in [0.25, 0.3) is 0 Å². The van der Waals surface area contributed by atoms with Gasteiger partial charge in [-0.3, -0.25) is 0 Å². The Morgan fingerprint density at radius 2 is 1.43 bits per heavy atom. The Morgan fingerprint density at radius 1 is 0.857 bits per heavy atom. The van der Waals surface area contributed by atoms with Crippen LogP contribution < -0.4 is 10.4 Å². The first-order valence-electron chi connectivity index (χ1n) is 9.59. The Labute approximate surface area is 170 Å². The highest BCUT2D eigenvalue weighted by Crippen LogP contribution is 2.36. The maximum absolute atomic E-state index is 9.08. The Morgan fingerprint density at radius 3 is 1.93 bits per heavy atom. The fraction of sp³-hybridized carbons (Fsp3) is 0.240. The van der Waals surface area contributed by atoms with Gasteiger partial charge in [-0.05, 0) is 26.9 Å². The molecule has 0 N–H and O–H groups in total. The third kappa shape index (κ3) is 4.98. The molecule has 141 valence electrons. The SMILES string of the molecule is CC(C)(C)C(O[Si](c1ccccc1)c1ccccc1)c1cccc(CC#N)c1. The van der Waals surface area contributed by atoms with Crippen LogP contribution in [0.1, 0.15) is 38.0 Å². The van der Waals surface area contributed by atoms with Gasteiger partial charge in [-0.2, -0.15) is 5.26 Å². The number of hydrogen-bond acceptors (Lipinski definition) is 2. The summed E-state index contributed by atoms with van der Waals surface area (Å²) in [6, 6.07) is 31.5. The van der Waals surface area contributed by atoms with Crippen LogP contribution in [0.4, 0.5) is 0 Å². The second-order valence-electron chi connectivity index (χ2n) is 8.01. The van der Waals surface area contributed by atoms with E-state index in [4.69, 9.17) is 9.69 Å². The smallest absolute Gasteiger partial charge is 0.283 e.